The summed E-state index contributed by atoms with van der Waals surface area (Å²) >= 11 is 6.88. The third kappa shape index (κ3) is 5.38. The number of nitrogens with zero attached hydrogens (tertiary/aromatic N) is 3. The SMILES string of the molecule is N#Cc1cccc(CSc2nc(Oc3cccc(Cl)c3)cc(C(F)(F)F)n2)c1. The second-order valence-electron chi connectivity index (χ2n) is 5.53. The molecule has 1 aromatic heterocycles. The van der Waals surface area contributed by atoms with Crippen LogP contribution in [0.3, 0.4) is 0 Å². The van der Waals surface area contributed by atoms with Gasteiger partial charge in [-0.25, -0.2) is 4.98 Å². The molecule has 3 rings (SSSR count). The maximum absolute atomic E-state index is 13.2. The summed E-state index contributed by atoms with van der Waals surface area (Å²) in [5.74, 6) is 0.322. The van der Waals surface area contributed by atoms with Gasteiger partial charge in [0.15, 0.2) is 10.9 Å². The molecular weight excluding hydrogens is 411 g/mol. The van der Waals surface area contributed by atoms with Gasteiger partial charge in [0.1, 0.15) is 5.75 Å². The minimum Gasteiger partial charge on any atom is -0.439 e. The Morgan fingerprint density at radius 2 is 1.86 bits per heavy atom. The molecule has 0 aliphatic carbocycles. The van der Waals surface area contributed by atoms with Crippen LogP contribution in [-0.4, -0.2) is 9.97 Å². The van der Waals surface area contributed by atoms with Crippen molar-refractivity contribution in [3.8, 4) is 17.7 Å². The van der Waals surface area contributed by atoms with Crippen molar-refractivity contribution in [2.45, 2.75) is 17.1 Å². The lowest BCUT2D eigenvalue weighted by molar-refractivity contribution is -0.141. The quantitative estimate of drug-likeness (QED) is 0.367. The molecule has 0 aliphatic rings. The third-order valence-electron chi connectivity index (χ3n) is 3.42. The molecule has 0 spiro atoms. The number of thioether (sulfide) groups is 1. The zero-order chi connectivity index (χ0) is 20.1. The van der Waals surface area contributed by atoms with Crippen LogP contribution in [0.5, 0.6) is 11.6 Å². The third-order valence-corrected chi connectivity index (χ3v) is 4.57. The molecule has 4 nitrogen and oxygen atoms in total. The van der Waals surface area contributed by atoms with Crippen LogP contribution in [0.2, 0.25) is 5.02 Å². The van der Waals surface area contributed by atoms with Crippen molar-refractivity contribution in [3.63, 3.8) is 0 Å². The van der Waals surface area contributed by atoms with Crippen molar-refractivity contribution in [2.75, 3.05) is 0 Å². The van der Waals surface area contributed by atoms with Crippen LogP contribution < -0.4 is 4.74 Å². The van der Waals surface area contributed by atoms with E-state index in [2.05, 4.69) is 9.97 Å². The van der Waals surface area contributed by atoms with Crippen molar-refractivity contribution in [1.82, 2.24) is 9.97 Å². The van der Waals surface area contributed by atoms with E-state index in [1.807, 2.05) is 6.07 Å². The largest absolute Gasteiger partial charge is 0.439 e. The Balaban J connectivity index is 1.86. The highest BCUT2D eigenvalue weighted by molar-refractivity contribution is 7.98. The molecule has 142 valence electrons. The molecule has 0 bridgehead atoms. The Morgan fingerprint density at radius 3 is 2.57 bits per heavy atom. The first kappa shape index (κ1) is 20.0. The predicted octanol–water partition coefficient (Wildman–Crippen LogP) is 6.11. The van der Waals surface area contributed by atoms with Gasteiger partial charge in [-0.3, -0.25) is 0 Å². The molecule has 2 aromatic carbocycles. The second-order valence-corrected chi connectivity index (χ2v) is 6.91. The predicted molar refractivity (Wildman–Crippen MR) is 99.3 cm³/mol. The summed E-state index contributed by atoms with van der Waals surface area (Å²) < 4.78 is 45.0. The number of aromatic nitrogens is 2. The fourth-order valence-corrected chi connectivity index (χ4v) is 3.17. The summed E-state index contributed by atoms with van der Waals surface area (Å²) in [5.41, 5.74) is 0.128. The second kappa shape index (κ2) is 8.50. The maximum Gasteiger partial charge on any atom is 0.433 e. The highest BCUT2D eigenvalue weighted by atomic mass is 35.5. The first-order chi connectivity index (χ1) is 13.3. The normalized spacial score (nSPS) is 11.1. The Bertz CT molecular complexity index is 1040. The number of ether oxygens (including phenoxy) is 1. The summed E-state index contributed by atoms with van der Waals surface area (Å²) in [6, 6.07) is 15.8. The Labute approximate surface area is 168 Å². The van der Waals surface area contributed by atoms with E-state index in [1.54, 1.807) is 42.5 Å². The first-order valence-corrected chi connectivity index (χ1v) is 9.21. The van der Waals surface area contributed by atoms with Crippen LogP contribution in [0.25, 0.3) is 0 Å². The highest BCUT2D eigenvalue weighted by Crippen LogP contribution is 2.33. The number of hydrogen-bond donors (Lipinski definition) is 0. The van der Waals surface area contributed by atoms with Crippen LogP contribution in [-0.2, 0) is 11.9 Å². The minimum absolute atomic E-state index is 0.0887. The number of hydrogen-bond acceptors (Lipinski definition) is 5. The average molecular weight is 422 g/mol. The van der Waals surface area contributed by atoms with Crippen LogP contribution in [0.4, 0.5) is 13.2 Å². The van der Waals surface area contributed by atoms with E-state index < -0.39 is 11.9 Å². The van der Waals surface area contributed by atoms with Crippen molar-refractivity contribution in [2.24, 2.45) is 0 Å². The van der Waals surface area contributed by atoms with E-state index in [1.165, 1.54) is 6.07 Å². The Hall–Kier alpha value is -2.76. The lowest BCUT2D eigenvalue weighted by atomic mass is 10.2. The smallest absolute Gasteiger partial charge is 0.433 e. The zero-order valence-corrected chi connectivity index (χ0v) is 15.6. The van der Waals surface area contributed by atoms with Gasteiger partial charge in [-0.1, -0.05) is 41.6 Å². The fourth-order valence-electron chi connectivity index (χ4n) is 2.20. The summed E-state index contributed by atoms with van der Waals surface area (Å²) in [6.45, 7) is 0. The lowest BCUT2D eigenvalue weighted by Crippen LogP contribution is -2.10. The molecule has 1 heterocycles. The summed E-state index contributed by atoms with van der Waals surface area (Å²) in [4.78, 5) is 7.63. The number of nitriles is 1. The minimum atomic E-state index is -4.65. The fraction of sp³-hybridized carbons (Fsp3) is 0.105. The van der Waals surface area contributed by atoms with E-state index in [9.17, 15) is 13.2 Å². The van der Waals surface area contributed by atoms with Crippen LogP contribution >= 0.6 is 23.4 Å². The van der Waals surface area contributed by atoms with E-state index in [0.29, 0.717) is 16.3 Å². The molecule has 3 aromatic rings. The summed E-state index contributed by atoms with van der Waals surface area (Å²) in [5, 5.41) is 9.23. The van der Waals surface area contributed by atoms with E-state index in [4.69, 9.17) is 21.6 Å². The van der Waals surface area contributed by atoms with Crippen molar-refractivity contribution < 1.29 is 17.9 Å². The number of alkyl halides is 3. The zero-order valence-electron chi connectivity index (χ0n) is 14.1. The number of halogens is 4. The lowest BCUT2D eigenvalue weighted by Gasteiger charge is -2.11. The topological polar surface area (TPSA) is 58.8 Å². The van der Waals surface area contributed by atoms with Gasteiger partial charge < -0.3 is 4.74 Å². The molecule has 0 fully saturated rings. The Morgan fingerprint density at radius 1 is 1.07 bits per heavy atom. The van der Waals surface area contributed by atoms with Gasteiger partial charge in [0, 0.05) is 16.8 Å². The monoisotopic (exact) mass is 421 g/mol. The van der Waals surface area contributed by atoms with Gasteiger partial charge in [-0.2, -0.15) is 23.4 Å². The van der Waals surface area contributed by atoms with Crippen LogP contribution in [0, 0.1) is 11.3 Å². The molecule has 0 N–H and O–H groups in total. The van der Waals surface area contributed by atoms with E-state index in [0.717, 1.165) is 23.4 Å². The van der Waals surface area contributed by atoms with Crippen molar-refractivity contribution in [1.29, 1.82) is 5.26 Å². The molecule has 9 heteroatoms. The molecular formula is C19H11ClF3N3OS. The first-order valence-electron chi connectivity index (χ1n) is 7.85. The number of rotatable bonds is 5. The molecule has 0 saturated carbocycles. The molecule has 0 unspecified atom stereocenters. The molecule has 0 aliphatic heterocycles. The Kier molecular flexibility index (Phi) is 6.07. The summed E-state index contributed by atoms with van der Waals surface area (Å²) in [6.07, 6.45) is -4.65. The van der Waals surface area contributed by atoms with E-state index in [-0.39, 0.29) is 16.8 Å². The van der Waals surface area contributed by atoms with Crippen LogP contribution in [0.1, 0.15) is 16.8 Å². The van der Waals surface area contributed by atoms with Gasteiger partial charge in [0.25, 0.3) is 0 Å². The van der Waals surface area contributed by atoms with Gasteiger partial charge in [0.2, 0.25) is 5.88 Å². The number of benzene rings is 2. The van der Waals surface area contributed by atoms with Gasteiger partial charge in [-0.15, -0.1) is 0 Å². The van der Waals surface area contributed by atoms with Crippen molar-refractivity contribution >= 4 is 23.4 Å². The maximum atomic E-state index is 13.2. The molecule has 28 heavy (non-hydrogen) atoms. The van der Waals surface area contributed by atoms with Gasteiger partial charge >= 0.3 is 6.18 Å². The summed E-state index contributed by atoms with van der Waals surface area (Å²) in [7, 11) is 0. The van der Waals surface area contributed by atoms with E-state index >= 15 is 0 Å². The highest BCUT2D eigenvalue weighted by Gasteiger charge is 2.34. The van der Waals surface area contributed by atoms with Crippen molar-refractivity contribution in [3.05, 3.63) is 76.4 Å². The molecule has 0 saturated heterocycles. The van der Waals surface area contributed by atoms with Gasteiger partial charge in [-0.05, 0) is 35.9 Å². The van der Waals surface area contributed by atoms with Gasteiger partial charge in [0.05, 0.1) is 11.6 Å². The molecule has 0 atom stereocenters. The van der Waals surface area contributed by atoms with Crippen LogP contribution in [0.15, 0.2) is 59.8 Å². The average Bonchev–Trinajstić information content (AvgIpc) is 2.66. The molecule has 0 radical (unpaired) electrons. The standard InChI is InChI=1S/C19H11ClF3N3OS/c20-14-5-2-6-15(8-14)27-17-9-16(19(21,22)23)25-18(26-17)28-11-13-4-1-3-12(7-13)10-24/h1-9H,11H2. The molecule has 0 amide bonds.